The van der Waals surface area contributed by atoms with Gasteiger partial charge in [-0.25, -0.2) is 8.42 Å². The van der Waals surface area contributed by atoms with Crippen molar-refractivity contribution in [2.24, 2.45) is 0 Å². The molecule has 142 valence electrons. The van der Waals surface area contributed by atoms with Crippen LogP contribution in [0.4, 0.5) is 0 Å². The second-order valence-corrected chi connectivity index (χ2v) is 7.69. The van der Waals surface area contributed by atoms with E-state index in [-0.39, 0.29) is 10.5 Å². The monoisotopic (exact) mass is 395 g/mol. The van der Waals surface area contributed by atoms with Gasteiger partial charge in [-0.15, -0.1) is 4.83 Å². The number of hydrazine groups is 1. The van der Waals surface area contributed by atoms with Crippen molar-refractivity contribution in [1.82, 2.24) is 10.3 Å². The fourth-order valence-corrected chi connectivity index (χ4v) is 3.40. The molecule has 0 saturated heterocycles. The van der Waals surface area contributed by atoms with Gasteiger partial charge in [-0.3, -0.25) is 10.2 Å². The Labute approximate surface area is 162 Å². The smallest absolute Gasteiger partial charge is 0.275 e. The van der Waals surface area contributed by atoms with Crippen LogP contribution in [0.1, 0.15) is 12.5 Å². The Morgan fingerprint density at radius 1 is 1.04 bits per heavy atom. The minimum Gasteiger partial charge on any atom is -0.481 e. The van der Waals surface area contributed by atoms with Crippen LogP contribution in [0.3, 0.4) is 0 Å². The van der Waals surface area contributed by atoms with Gasteiger partial charge in [0, 0.05) is 0 Å². The molecule has 0 fully saturated rings. The van der Waals surface area contributed by atoms with Gasteiger partial charge in [-0.1, -0.05) is 36.4 Å². The quantitative estimate of drug-likeness (QED) is 0.624. The number of carbonyl (C=O) groups is 1. The number of rotatable bonds is 6. The molecule has 1 amide bonds. The second-order valence-electron chi connectivity index (χ2n) is 6.00. The van der Waals surface area contributed by atoms with Gasteiger partial charge in [0.25, 0.3) is 15.9 Å². The number of ether oxygens (including phenoxy) is 1. The minimum atomic E-state index is -4.01. The average molecular weight is 395 g/mol. The van der Waals surface area contributed by atoms with Crippen molar-refractivity contribution < 1.29 is 17.9 Å². The maximum Gasteiger partial charge on any atom is 0.275 e. The van der Waals surface area contributed by atoms with E-state index < -0.39 is 22.0 Å². The molecule has 1 atom stereocenters. The van der Waals surface area contributed by atoms with Gasteiger partial charge in [0.05, 0.1) is 16.5 Å². The van der Waals surface area contributed by atoms with Crippen LogP contribution in [0.15, 0.2) is 71.6 Å². The first-order chi connectivity index (χ1) is 13.4. The van der Waals surface area contributed by atoms with E-state index >= 15 is 0 Å². The SMILES string of the molecule is C[C@H](Oc1ccc2ccccc2c1)C(=O)NNS(=O)(=O)c1cccc(C#N)c1. The van der Waals surface area contributed by atoms with Gasteiger partial charge in [0.1, 0.15) is 5.75 Å². The van der Waals surface area contributed by atoms with Crippen LogP contribution in [0.25, 0.3) is 10.8 Å². The highest BCUT2D eigenvalue weighted by molar-refractivity contribution is 7.89. The van der Waals surface area contributed by atoms with Crippen molar-refractivity contribution in [3.63, 3.8) is 0 Å². The highest BCUT2D eigenvalue weighted by Crippen LogP contribution is 2.21. The van der Waals surface area contributed by atoms with E-state index in [4.69, 9.17) is 10.00 Å². The molecule has 0 aliphatic rings. The largest absolute Gasteiger partial charge is 0.481 e. The second kappa shape index (κ2) is 8.08. The molecule has 0 bridgehead atoms. The van der Waals surface area contributed by atoms with Gasteiger partial charge in [0.15, 0.2) is 6.10 Å². The number of sulfonamides is 1. The van der Waals surface area contributed by atoms with Gasteiger partial charge in [0.2, 0.25) is 0 Å². The highest BCUT2D eigenvalue weighted by Gasteiger charge is 2.19. The summed E-state index contributed by atoms with van der Waals surface area (Å²) in [6.45, 7) is 1.51. The van der Waals surface area contributed by atoms with Crippen LogP contribution in [0.2, 0.25) is 0 Å². The molecule has 0 heterocycles. The van der Waals surface area contributed by atoms with E-state index in [2.05, 4.69) is 5.43 Å². The summed E-state index contributed by atoms with van der Waals surface area (Å²) in [4.78, 5) is 14.1. The van der Waals surface area contributed by atoms with Crippen molar-refractivity contribution in [3.05, 3.63) is 72.3 Å². The minimum absolute atomic E-state index is 0.130. The Bertz CT molecular complexity index is 1170. The van der Waals surface area contributed by atoms with Crippen molar-refractivity contribution in [1.29, 1.82) is 5.26 Å². The van der Waals surface area contributed by atoms with Crippen molar-refractivity contribution >= 4 is 26.7 Å². The van der Waals surface area contributed by atoms with Crippen LogP contribution in [0, 0.1) is 11.3 Å². The van der Waals surface area contributed by atoms with E-state index in [1.165, 1.54) is 31.2 Å². The van der Waals surface area contributed by atoms with Crippen LogP contribution >= 0.6 is 0 Å². The Balaban J connectivity index is 1.64. The molecule has 8 heteroatoms. The molecule has 0 aromatic heterocycles. The summed E-state index contributed by atoms with van der Waals surface area (Å²) in [6, 6.07) is 20.5. The van der Waals surface area contributed by atoms with E-state index in [0.29, 0.717) is 5.75 Å². The predicted octanol–water partition coefficient (Wildman–Crippen LogP) is 2.49. The van der Waals surface area contributed by atoms with E-state index in [1.807, 2.05) is 41.2 Å². The molecule has 0 radical (unpaired) electrons. The maximum atomic E-state index is 12.3. The zero-order chi connectivity index (χ0) is 20.1. The van der Waals surface area contributed by atoms with Crippen LogP contribution in [-0.2, 0) is 14.8 Å². The number of nitriles is 1. The standard InChI is InChI=1S/C20H17N3O4S/c1-14(27-18-10-9-16-6-2-3-7-17(16)12-18)20(24)22-23-28(25,26)19-8-4-5-15(11-19)13-21/h2-12,14,23H,1H3,(H,22,24)/t14-/m0/s1. The molecule has 3 aromatic rings. The number of nitrogens with zero attached hydrogens (tertiary/aromatic N) is 1. The van der Waals surface area contributed by atoms with E-state index in [0.717, 1.165) is 10.8 Å². The average Bonchev–Trinajstić information content (AvgIpc) is 2.72. The summed E-state index contributed by atoms with van der Waals surface area (Å²) in [7, 11) is -4.01. The molecule has 2 N–H and O–H groups in total. The lowest BCUT2D eigenvalue weighted by atomic mass is 10.1. The van der Waals surface area contributed by atoms with Gasteiger partial charge < -0.3 is 4.74 Å². The number of amides is 1. The molecule has 7 nitrogen and oxygen atoms in total. The van der Waals surface area contributed by atoms with Crippen molar-refractivity contribution in [2.75, 3.05) is 0 Å². The van der Waals surface area contributed by atoms with Gasteiger partial charge >= 0.3 is 0 Å². The zero-order valence-electron chi connectivity index (χ0n) is 14.9. The Morgan fingerprint density at radius 2 is 1.79 bits per heavy atom. The Kier molecular flexibility index (Phi) is 5.59. The summed E-state index contributed by atoms with van der Waals surface area (Å²) < 4.78 is 30.1. The fraction of sp³-hybridized carbons (Fsp3) is 0.100. The molecule has 3 aromatic carbocycles. The topological polar surface area (TPSA) is 108 Å². The van der Waals surface area contributed by atoms with Crippen LogP contribution in [0.5, 0.6) is 5.75 Å². The lowest BCUT2D eigenvalue weighted by molar-refractivity contribution is -0.127. The molecule has 0 spiro atoms. The molecule has 0 aliphatic heterocycles. The Hall–Kier alpha value is -3.41. The van der Waals surface area contributed by atoms with Gasteiger partial charge in [-0.2, -0.15) is 5.26 Å². The molecular weight excluding hydrogens is 378 g/mol. The molecule has 28 heavy (non-hydrogen) atoms. The lowest BCUT2D eigenvalue weighted by Crippen LogP contribution is -2.47. The summed E-state index contributed by atoms with van der Waals surface area (Å²) in [5.41, 5.74) is 2.33. The third-order valence-corrected chi connectivity index (χ3v) is 5.23. The number of carbonyl (C=O) groups excluding carboxylic acids is 1. The molecule has 0 saturated carbocycles. The molecular formula is C20H17N3O4S. The molecule has 0 unspecified atom stereocenters. The summed E-state index contributed by atoms with van der Waals surface area (Å²) >= 11 is 0. The molecule has 0 aliphatic carbocycles. The number of benzene rings is 3. The first-order valence-corrected chi connectivity index (χ1v) is 9.85. The van der Waals surface area contributed by atoms with Crippen LogP contribution < -0.4 is 15.0 Å². The maximum absolute atomic E-state index is 12.3. The normalized spacial score (nSPS) is 12.1. The van der Waals surface area contributed by atoms with Crippen LogP contribution in [-0.4, -0.2) is 20.4 Å². The number of fused-ring (bicyclic) bond motifs is 1. The highest BCUT2D eigenvalue weighted by atomic mass is 32.2. The van der Waals surface area contributed by atoms with Crippen molar-refractivity contribution in [2.45, 2.75) is 17.9 Å². The summed E-state index contributed by atoms with van der Waals surface area (Å²) in [5.74, 6) is -0.168. The van der Waals surface area contributed by atoms with E-state index in [9.17, 15) is 13.2 Å². The third-order valence-electron chi connectivity index (χ3n) is 3.99. The predicted molar refractivity (Wildman–Crippen MR) is 104 cm³/mol. The number of nitrogens with one attached hydrogen (secondary N) is 2. The van der Waals surface area contributed by atoms with Crippen molar-refractivity contribution in [3.8, 4) is 11.8 Å². The first kappa shape index (κ1) is 19.4. The number of hydrogen-bond acceptors (Lipinski definition) is 5. The third kappa shape index (κ3) is 4.46. The summed E-state index contributed by atoms with van der Waals surface area (Å²) in [6.07, 6.45) is -0.936. The Morgan fingerprint density at radius 3 is 2.54 bits per heavy atom. The fourth-order valence-electron chi connectivity index (χ4n) is 2.51. The summed E-state index contributed by atoms with van der Waals surface area (Å²) in [5, 5.41) is 10.9. The first-order valence-electron chi connectivity index (χ1n) is 8.36. The zero-order valence-corrected chi connectivity index (χ0v) is 15.7. The van der Waals surface area contributed by atoms with E-state index in [1.54, 1.807) is 12.1 Å². The lowest BCUT2D eigenvalue weighted by Gasteiger charge is -2.15. The molecule has 3 rings (SSSR count). The van der Waals surface area contributed by atoms with Gasteiger partial charge in [-0.05, 0) is 48.0 Å². The number of hydrogen-bond donors (Lipinski definition) is 2.